The summed E-state index contributed by atoms with van der Waals surface area (Å²) in [6.45, 7) is 3.24. The number of carbonyl (C=O) groups is 1. The van der Waals surface area contributed by atoms with E-state index in [9.17, 15) is 4.79 Å². The molecule has 0 aromatic carbocycles. The summed E-state index contributed by atoms with van der Waals surface area (Å²) in [6, 6.07) is 0. The highest BCUT2D eigenvalue weighted by atomic mass is 16.4. The summed E-state index contributed by atoms with van der Waals surface area (Å²) in [4.78, 5) is 10.4. The Balaban J connectivity index is 4.01. The SMILES string of the molecule is CC(=O)C=CC=C(C)C=NO. The molecule has 0 unspecified atom stereocenters. The maximum Gasteiger partial charge on any atom is 0.152 e. The highest BCUT2D eigenvalue weighted by molar-refractivity contribution is 5.87. The average Bonchev–Trinajstić information content (AvgIpc) is 1.87. The first-order chi connectivity index (χ1) is 5.16. The standard InChI is InChI=1S/C8H11NO2/c1-7(6-9-11)4-3-5-8(2)10/h3-6,11H,1-2H3. The Labute approximate surface area is 65.7 Å². The molecule has 0 radical (unpaired) electrons. The van der Waals surface area contributed by atoms with Gasteiger partial charge in [-0.15, -0.1) is 0 Å². The highest BCUT2D eigenvalue weighted by Crippen LogP contribution is 1.88. The third-order valence-corrected chi connectivity index (χ3v) is 0.951. The molecule has 1 N–H and O–H groups in total. The van der Waals surface area contributed by atoms with Gasteiger partial charge in [-0.2, -0.15) is 0 Å². The van der Waals surface area contributed by atoms with Crippen molar-refractivity contribution in [3.8, 4) is 0 Å². The van der Waals surface area contributed by atoms with E-state index < -0.39 is 0 Å². The van der Waals surface area contributed by atoms with E-state index in [2.05, 4.69) is 5.16 Å². The van der Waals surface area contributed by atoms with Crippen LogP contribution in [-0.2, 0) is 4.79 Å². The molecule has 0 aliphatic rings. The zero-order valence-corrected chi connectivity index (χ0v) is 6.61. The Bertz CT molecular complexity index is 214. The molecule has 0 amide bonds. The van der Waals surface area contributed by atoms with Crippen LogP contribution in [0.4, 0.5) is 0 Å². The van der Waals surface area contributed by atoms with Crippen LogP contribution in [-0.4, -0.2) is 17.2 Å². The zero-order chi connectivity index (χ0) is 8.69. The fourth-order valence-corrected chi connectivity index (χ4v) is 0.470. The van der Waals surface area contributed by atoms with Crippen LogP contribution in [0.15, 0.2) is 29.0 Å². The van der Waals surface area contributed by atoms with Crippen molar-refractivity contribution in [2.45, 2.75) is 13.8 Å². The summed E-state index contributed by atoms with van der Waals surface area (Å²) in [5.74, 6) is -0.00464. The topological polar surface area (TPSA) is 49.7 Å². The first kappa shape index (κ1) is 9.62. The molecule has 0 aliphatic heterocycles. The fourth-order valence-electron chi connectivity index (χ4n) is 0.470. The fraction of sp³-hybridized carbons (Fsp3) is 0.250. The number of hydrogen-bond acceptors (Lipinski definition) is 3. The van der Waals surface area contributed by atoms with Gasteiger partial charge in [-0.05, 0) is 25.5 Å². The maximum atomic E-state index is 10.4. The Morgan fingerprint density at radius 2 is 2.09 bits per heavy atom. The van der Waals surface area contributed by atoms with Crippen LogP contribution in [0.3, 0.4) is 0 Å². The van der Waals surface area contributed by atoms with E-state index in [0.29, 0.717) is 0 Å². The smallest absolute Gasteiger partial charge is 0.152 e. The van der Waals surface area contributed by atoms with E-state index in [1.54, 1.807) is 19.1 Å². The third kappa shape index (κ3) is 6.51. The summed E-state index contributed by atoms with van der Waals surface area (Å²) in [5.41, 5.74) is 0.782. The zero-order valence-electron chi connectivity index (χ0n) is 6.61. The number of ketones is 1. The molecule has 0 rings (SSSR count). The van der Waals surface area contributed by atoms with E-state index in [1.165, 1.54) is 19.2 Å². The van der Waals surface area contributed by atoms with Gasteiger partial charge in [-0.1, -0.05) is 17.3 Å². The van der Waals surface area contributed by atoms with Crippen LogP contribution < -0.4 is 0 Å². The second-order valence-corrected chi connectivity index (χ2v) is 2.13. The van der Waals surface area contributed by atoms with Gasteiger partial charge in [0.15, 0.2) is 5.78 Å². The van der Waals surface area contributed by atoms with E-state index in [0.717, 1.165) is 5.57 Å². The van der Waals surface area contributed by atoms with Crippen molar-refractivity contribution in [2.75, 3.05) is 0 Å². The Morgan fingerprint density at radius 1 is 1.45 bits per heavy atom. The van der Waals surface area contributed by atoms with Crippen LogP contribution in [0.5, 0.6) is 0 Å². The average molecular weight is 153 g/mol. The first-order valence-electron chi connectivity index (χ1n) is 3.20. The Hall–Kier alpha value is -1.38. The molecule has 0 heterocycles. The van der Waals surface area contributed by atoms with E-state index in [1.807, 2.05) is 0 Å². The second kappa shape index (κ2) is 5.41. The number of nitrogens with zero attached hydrogens (tertiary/aromatic N) is 1. The summed E-state index contributed by atoms with van der Waals surface area (Å²) in [5, 5.41) is 10.9. The van der Waals surface area contributed by atoms with Crippen molar-refractivity contribution in [3.05, 3.63) is 23.8 Å². The van der Waals surface area contributed by atoms with Crippen molar-refractivity contribution in [3.63, 3.8) is 0 Å². The predicted molar refractivity (Wildman–Crippen MR) is 43.9 cm³/mol. The minimum absolute atomic E-state index is 0.00464. The van der Waals surface area contributed by atoms with Gasteiger partial charge in [-0.25, -0.2) is 0 Å². The Kier molecular flexibility index (Phi) is 4.73. The largest absolute Gasteiger partial charge is 0.411 e. The van der Waals surface area contributed by atoms with Gasteiger partial charge in [-0.3, -0.25) is 4.79 Å². The molecule has 0 aromatic heterocycles. The molecule has 0 bridgehead atoms. The van der Waals surface area contributed by atoms with Gasteiger partial charge in [0.25, 0.3) is 0 Å². The lowest BCUT2D eigenvalue weighted by Crippen LogP contribution is -1.79. The number of oxime groups is 1. The van der Waals surface area contributed by atoms with Crippen molar-refractivity contribution >= 4 is 12.0 Å². The van der Waals surface area contributed by atoms with Crippen molar-refractivity contribution < 1.29 is 10.0 Å². The molecular weight excluding hydrogens is 142 g/mol. The number of rotatable bonds is 3. The molecule has 0 saturated heterocycles. The van der Waals surface area contributed by atoms with E-state index >= 15 is 0 Å². The van der Waals surface area contributed by atoms with Gasteiger partial charge < -0.3 is 5.21 Å². The molecule has 0 fully saturated rings. The van der Waals surface area contributed by atoms with E-state index in [-0.39, 0.29) is 5.78 Å². The van der Waals surface area contributed by atoms with Crippen molar-refractivity contribution in [1.29, 1.82) is 0 Å². The molecule has 0 spiro atoms. The van der Waals surface area contributed by atoms with Crippen LogP contribution in [0.1, 0.15) is 13.8 Å². The van der Waals surface area contributed by atoms with E-state index in [4.69, 9.17) is 5.21 Å². The molecule has 0 saturated carbocycles. The van der Waals surface area contributed by atoms with Crippen LogP contribution in [0.2, 0.25) is 0 Å². The Morgan fingerprint density at radius 3 is 2.55 bits per heavy atom. The molecule has 0 aromatic rings. The van der Waals surface area contributed by atoms with Crippen molar-refractivity contribution in [2.24, 2.45) is 5.16 Å². The molecule has 3 nitrogen and oxygen atoms in total. The third-order valence-electron chi connectivity index (χ3n) is 0.951. The molecule has 3 heteroatoms. The number of carbonyl (C=O) groups excluding carboxylic acids is 1. The van der Waals surface area contributed by atoms with Crippen LogP contribution in [0.25, 0.3) is 0 Å². The van der Waals surface area contributed by atoms with Gasteiger partial charge in [0.1, 0.15) is 0 Å². The first-order valence-corrected chi connectivity index (χ1v) is 3.20. The minimum atomic E-state index is -0.00464. The monoisotopic (exact) mass is 153 g/mol. The number of hydrogen-bond donors (Lipinski definition) is 1. The molecule has 0 aliphatic carbocycles. The second-order valence-electron chi connectivity index (χ2n) is 2.13. The molecular formula is C8H11NO2. The van der Waals surface area contributed by atoms with Crippen LogP contribution in [0, 0.1) is 0 Å². The van der Waals surface area contributed by atoms with Gasteiger partial charge in [0.05, 0.1) is 6.21 Å². The van der Waals surface area contributed by atoms with Gasteiger partial charge in [0.2, 0.25) is 0 Å². The summed E-state index contributed by atoms with van der Waals surface area (Å²) < 4.78 is 0. The summed E-state index contributed by atoms with van der Waals surface area (Å²) in [7, 11) is 0. The highest BCUT2D eigenvalue weighted by Gasteiger charge is 1.80. The molecule has 0 atom stereocenters. The summed E-state index contributed by atoms with van der Waals surface area (Å²) >= 11 is 0. The van der Waals surface area contributed by atoms with Crippen LogP contribution >= 0.6 is 0 Å². The predicted octanol–water partition coefficient (Wildman–Crippen LogP) is 1.54. The quantitative estimate of drug-likeness (QED) is 0.220. The number of allylic oxidation sites excluding steroid dienone is 4. The summed E-state index contributed by atoms with van der Waals surface area (Å²) in [6.07, 6.45) is 6.03. The lowest BCUT2D eigenvalue weighted by molar-refractivity contribution is -0.112. The van der Waals surface area contributed by atoms with Gasteiger partial charge in [0, 0.05) is 0 Å². The van der Waals surface area contributed by atoms with Gasteiger partial charge >= 0.3 is 0 Å². The maximum absolute atomic E-state index is 10.4. The minimum Gasteiger partial charge on any atom is -0.411 e. The molecule has 60 valence electrons. The lowest BCUT2D eigenvalue weighted by Gasteiger charge is -1.83. The lowest BCUT2D eigenvalue weighted by atomic mass is 10.3. The van der Waals surface area contributed by atoms with Crippen molar-refractivity contribution in [1.82, 2.24) is 0 Å². The normalized spacial score (nSPS) is 13.1. The molecule has 11 heavy (non-hydrogen) atoms.